The van der Waals surface area contributed by atoms with Crippen LogP contribution >= 0.6 is 11.6 Å². The largest absolute Gasteiger partial charge is 0.495 e. The molecule has 0 heterocycles. The lowest BCUT2D eigenvalue weighted by Crippen LogP contribution is -2.01. The van der Waals surface area contributed by atoms with Crippen molar-refractivity contribution in [2.75, 3.05) is 12.4 Å². The van der Waals surface area contributed by atoms with Crippen LogP contribution in [0.5, 0.6) is 5.75 Å². The maximum atomic E-state index is 13.3. The van der Waals surface area contributed by atoms with Gasteiger partial charge in [0.25, 0.3) is 0 Å². The minimum Gasteiger partial charge on any atom is -0.495 e. The van der Waals surface area contributed by atoms with Gasteiger partial charge >= 0.3 is 0 Å². The minimum absolute atomic E-state index is 0.135. The molecule has 0 aliphatic carbocycles. The number of hydrogen-bond donors (Lipinski definition) is 1. The predicted octanol–water partition coefficient (Wildman–Crippen LogP) is 4.10. The molecule has 0 aliphatic rings. The summed E-state index contributed by atoms with van der Waals surface area (Å²) in [5, 5.41) is 3.33. The van der Waals surface area contributed by atoms with Crippen LogP contribution in [0, 0.1) is 5.82 Å². The van der Waals surface area contributed by atoms with E-state index in [1.165, 1.54) is 6.07 Å². The van der Waals surface area contributed by atoms with E-state index in [0.717, 1.165) is 17.0 Å². The van der Waals surface area contributed by atoms with Crippen LogP contribution in [-0.4, -0.2) is 7.11 Å². The molecular formula is C14H13ClFNO. The standard InChI is InChI=1S/C14H13ClFNO/c1-18-14-5-3-2-4-13(14)17-9-10-6-7-11(15)12(16)8-10/h2-8,17H,9H2,1H3. The Morgan fingerprint density at radius 2 is 2.00 bits per heavy atom. The average molecular weight is 266 g/mol. The lowest BCUT2D eigenvalue weighted by Gasteiger charge is -2.11. The number of para-hydroxylation sites is 2. The van der Waals surface area contributed by atoms with Gasteiger partial charge in [0.2, 0.25) is 0 Å². The van der Waals surface area contributed by atoms with Crippen LogP contribution in [0.1, 0.15) is 5.56 Å². The summed E-state index contributed by atoms with van der Waals surface area (Å²) < 4.78 is 18.5. The lowest BCUT2D eigenvalue weighted by atomic mass is 10.2. The van der Waals surface area contributed by atoms with E-state index in [-0.39, 0.29) is 5.02 Å². The van der Waals surface area contributed by atoms with E-state index in [9.17, 15) is 4.39 Å². The zero-order valence-electron chi connectivity index (χ0n) is 9.91. The second-order valence-electron chi connectivity index (χ2n) is 3.80. The third kappa shape index (κ3) is 2.93. The monoisotopic (exact) mass is 265 g/mol. The average Bonchev–Trinajstić information content (AvgIpc) is 2.40. The van der Waals surface area contributed by atoms with E-state index in [4.69, 9.17) is 16.3 Å². The SMILES string of the molecule is COc1ccccc1NCc1ccc(Cl)c(F)c1. The first kappa shape index (κ1) is 12.7. The van der Waals surface area contributed by atoms with E-state index in [0.29, 0.717) is 6.54 Å². The number of methoxy groups -OCH3 is 1. The molecule has 0 atom stereocenters. The van der Waals surface area contributed by atoms with Gasteiger partial charge < -0.3 is 10.1 Å². The molecule has 2 aromatic carbocycles. The highest BCUT2D eigenvalue weighted by atomic mass is 35.5. The van der Waals surface area contributed by atoms with Gasteiger partial charge in [-0.3, -0.25) is 0 Å². The molecule has 0 radical (unpaired) electrons. The van der Waals surface area contributed by atoms with E-state index >= 15 is 0 Å². The molecule has 0 saturated heterocycles. The van der Waals surface area contributed by atoms with Crippen molar-refractivity contribution in [1.29, 1.82) is 0 Å². The normalized spacial score (nSPS) is 10.2. The molecule has 0 spiro atoms. The summed E-state index contributed by atoms with van der Waals surface area (Å²) in [5.74, 6) is 0.350. The molecule has 0 aromatic heterocycles. The third-order valence-corrected chi connectivity index (χ3v) is 2.88. The summed E-state index contributed by atoms with van der Waals surface area (Å²) in [6.45, 7) is 0.508. The van der Waals surface area contributed by atoms with E-state index in [2.05, 4.69) is 5.32 Å². The fourth-order valence-corrected chi connectivity index (χ4v) is 1.76. The zero-order chi connectivity index (χ0) is 13.0. The van der Waals surface area contributed by atoms with Gasteiger partial charge in [-0.25, -0.2) is 4.39 Å². The van der Waals surface area contributed by atoms with Crippen molar-refractivity contribution in [3.8, 4) is 5.75 Å². The van der Waals surface area contributed by atoms with Crippen molar-refractivity contribution in [3.05, 3.63) is 58.9 Å². The Labute approximate surface area is 110 Å². The Hall–Kier alpha value is -1.74. The highest BCUT2D eigenvalue weighted by molar-refractivity contribution is 6.30. The maximum absolute atomic E-state index is 13.3. The van der Waals surface area contributed by atoms with Crippen molar-refractivity contribution in [3.63, 3.8) is 0 Å². The Balaban J connectivity index is 2.09. The molecule has 2 rings (SSSR count). The van der Waals surface area contributed by atoms with Gasteiger partial charge in [-0.15, -0.1) is 0 Å². The molecule has 0 unspecified atom stereocenters. The maximum Gasteiger partial charge on any atom is 0.142 e. The first-order valence-corrected chi connectivity index (χ1v) is 5.89. The molecule has 2 nitrogen and oxygen atoms in total. The number of rotatable bonds is 4. The molecule has 18 heavy (non-hydrogen) atoms. The molecule has 0 bridgehead atoms. The first-order chi connectivity index (χ1) is 8.70. The highest BCUT2D eigenvalue weighted by Gasteiger charge is 2.03. The molecular weight excluding hydrogens is 253 g/mol. The predicted molar refractivity (Wildman–Crippen MR) is 71.7 cm³/mol. The van der Waals surface area contributed by atoms with E-state index in [1.54, 1.807) is 19.2 Å². The molecule has 0 aliphatic heterocycles. The Morgan fingerprint density at radius 1 is 1.22 bits per heavy atom. The molecule has 1 N–H and O–H groups in total. The van der Waals surface area contributed by atoms with Crippen molar-refractivity contribution in [2.24, 2.45) is 0 Å². The second-order valence-corrected chi connectivity index (χ2v) is 4.21. The summed E-state index contributed by atoms with van der Waals surface area (Å²) in [4.78, 5) is 0. The number of hydrogen-bond acceptors (Lipinski definition) is 2. The zero-order valence-corrected chi connectivity index (χ0v) is 10.7. The van der Waals surface area contributed by atoms with E-state index in [1.807, 2.05) is 24.3 Å². The van der Waals surface area contributed by atoms with Gasteiger partial charge in [0.05, 0.1) is 17.8 Å². The van der Waals surface area contributed by atoms with Crippen LogP contribution in [0.4, 0.5) is 10.1 Å². The molecule has 0 saturated carbocycles. The lowest BCUT2D eigenvalue weighted by molar-refractivity contribution is 0.416. The topological polar surface area (TPSA) is 21.3 Å². The van der Waals surface area contributed by atoms with Gasteiger partial charge in [-0.05, 0) is 29.8 Å². The highest BCUT2D eigenvalue weighted by Crippen LogP contribution is 2.24. The minimum atomic E-state index is -0.406. The van der Waals surface area contributed by atoms with Gasteiger partial charge in [0, 0.05) is 6.54 Å². The quantitative estimate of drug-likeness (QED) is 0.899. The smallest absolute Gasteiger partial charge is 0.142 e. The van der Waals surface area contributed by atoms with Gasteiger partial charge in [0.15, 0.2) is 0 Å². The fourth-order valence-electron chi connectivity index (χ4n) is 1.64. The Morgan fingerprint density at radius 3 is 2.72 bits per heavy atom. The van der Waals surface area contributed by atoms with E-state index < -0.39 is 5.82 Å². The number of benzene rings is 2. The van der Waals surface area contributed by atoms with Gasteiger partial charge in [0.1, 0.15) is 11.6 Å². The van der Waals surface area contributed by atoms with Crippen molar-refractivity contribution >= 4 is 17.3 Å². The van der Waals surface area contributed by atoms with Crippen LogP contribution in [0.15, 0.2) is 42.5 Å². The number of anilines is 1. The summed E-state index contributed by atoms with van der Waals surface area (Å²) in [5.41, 5.74) is 1.69. The Bertz CT molecular complexity index is 545. The van der Waals surface area contributed by atoms with Crippen molar-refractivity contribution in [2.45, 2.75) is 6.54 Å². The van der Waals surface area contributed by atoms with Crippen molar-refractivity contribution in [1.82, 2.24) is 0 Å². The third-order valence-electron chi connectivity index (χ3n) is 2.57. The molecule has 0 amide bonds. The molecule has 2 aromatic rings. The molecule has 0 fully saturated rings. The summed E-state index contributed by atoms with van der Waals surface area (Å²) >= 11 is 5.63. The van der Waals surface area contributed by atoms with Gasteiger partial charge in [-0.2, -0.15) is 0 Å². The van der Waals surface area contributed by atoms with Crippen molar-refractivity contribution < 1.29 is 9.13 Å². The van der Waals surface area contributed by atoms with Crippen LogP contribution < -0.4 is 10.1 Å². The number of halogens is 2. The van der Waals surface area contributed by atoms with Crippen LogP contribution in [0.2, 0.25) is 5.02 Å². The number of ether oxygens (including phenoxy) is 1. The molecule has 4 heteroatoms. The van der Waals surface area contributed by atoms with Crippen LogP contribution in [0.3, 0.4) is 0 Å². The fraction of sp³-hybridized carbons (Fsp3) is 0.143. The summed E-state index contributed by atoms with van der Waals surface area (Å²) in [6.07, 6.45) is 0. The summed E-state index contributed by atoms with van der Waals surface area (Å²) in [6, 6.07) is 12.3. The van der Waals surface area contributed by atoms with Crippen LogP contribution in [0.25, 0.3) is 0 Å². The number of nitrogens with one attached hydrogen (secondary N) is 1. The Kier molecular flexibility index (Phi) is 4.05. The summed E-state index contributed by atoms with van der Waals surface area (Å²) in [7, 11) is 1.61. The molecule has 94 valence electrons. The van der Waals surface area contributed by atoms with Crippen LogP contribution in [-0.2, 0) is 6.54 Å². The first-order valence-electron chi connectivity index (χ1n) is 5.51. The second kappa shape index (κ2) is 5.74. The van der Waals surface area contributed by atoms with Gasteiger partial charge in [-0.1, -0.05) is 29.8 Å².